The van der Waals surface area contributed by atoms with Gasteiger partial charge in [0.2, 0.25) is 0 Å². The van der Waals surface area contributed by atoms with Crippen LogP contribution >= 0.6 is 0 Å². The van der Waals surface area contributed by atoms with E-state index >= 15 is 0 Å². The first-order valence-corrected chi connectivity index (χ1v) is 7.65. The zero-order valence-electron chi connectivity index (χ0n) is 12.8. The van der Waals surface area contributed by atoms with Gasteiger partial charge in [-0.3, -0.25) is 0 Å². The van der Waals surface area contributed by atoms with Gasteiger partial charge >= 0.3 is 0 Å². The third-order valence-electron chi connectivity index (χ3n) is 3.40. The van der Waals surface area contributed by atoms with Gasteiger partial charge in [-0.15, -0.1) is 6.58 Å². The van der Waals surface area contributed by atoms with Crippen LogP contribution in [0.1, 0.15) is 78.6 Å². The van der Waals surface area contributed by atoms with Gasteiger partial charge in [-0.2, -0.15) is 0 Å². The standard InChI is InChI=1S/C18H32/c1-5-13-17(4)15-11-9-8-10-12-16-18(7-3)14-6-2/h6-7,15H,2,5,8-14,16H2,1,3-4H3/b17-15+,18-7-. The van der Waals surface area contributed by atoms with Crippen molar-refractivity contribution in [1.82, 2.24) is 0 Å². The fourth-order valence-corrected chi connectivity index (χ4v) is 2.24. The van der Waals surface area contributed by atoms with E-state index in [1.165, 1.54) is 51.4 Å². The van der Waals surface area contributed by atoms with E-state index in [1.807, 2.05) is 6.08 Å². The average Bonchev–Trinajstić information content (AvgIpc) is 2.36. The van der Waals surface area contributed by atoms with Crippen LogP contribution < -0.4 is 0 Å². The van der Waals surface area contributed by atoms with E-state index in [4.69, 9.17) is 0 Å². The summed E-state index contributed by atoms with van der Waals surface area (Å²) in [6, 6.07) is 0. The molecule has 0 aromatic heterocycles. The Morgan fingerprint density at radius 2 is 1.78 bits per heavy atom. The Kier molecular flexibility index (Phi) is 12.1. The van der Waals surface area contributed by atoms with E-state index < -0.39 is 0 Å². The summed E-state index contributed by atoms with van der Waals surface area (Å²) in [7, 11) is 0. The highest BCUT2D eigenvalue weighted by Crippen LogP contribution is 2.15. The molecule has 0 fully saturated rings. The second kappa shape index (κ2) is 12.7. The number of hydrogen-bond acceptors (Lipinski definition) is 0. The van der Waals surface area contributed by atoms with E-state index in [0.29, 0.717) is 0 Å². The van der Waals surface area contributed by atoms with Gasteiger partial charge in [-0.25, -0.2) is 0 Å². The van der Waals surface area contributed by atoms with Crippen LogP contribution in [0, 0.1) is 0 Å². The van der Waals surface area contributed by atoms with Crippen molar-refractivity contribution in [3.8, 4) is 0 Å². The third kappa shape index (κ3) is 10.4. The molecule has 0 saturated carbocycles. The fourth-order valence-electron chi connectivity index (χ4n) is 2.24. The molecule has 0 atom stereocenters. The lowest BCUT2D eigenvalue weighted by Gasteiger charge is -2.04. The molecule has 0 aliphatic heterocycles. The van der Waals surface area contributed by atoms with E-state index in [2.05, 4.69) is 39.5 Å². The molecule has 0 nitrogen and oxygen atoms in total. The molecule has 0 amide bonds. The number of unbranched alkanes of at least 4 members (excludes halogenated alkanes) is 4. The van der Waals surface area contributed by atoms with E-state index in [9.17, 15) is 0 Å². The molecular weight excluding hydrogens is 216 g/mol. The van der Waals surface area contributed by atoms with Crippen LogP contribution in [0.15, 0.2) is 36.0 Å². The summed E-state index contributed by atoms with van der Waals surface area (Å²) >= 11 is 0. The Hall–Kier alpha value is -0.780. The summed E-state index contributed by atoms with van der Waals surface area (Å²) in [4.78, 5) is 0. The Morgan fingerprint density at radius 3 is 2.39 bits per heavy atom. The number of rotatable bonds is 11. The molecule has 0 aromatic rings. The monoisotopic (exact) mass is 248 g/mol. The molecule has 18 heavy (non-hydrogen) atoms. The highest BCUT2D eigenvalue weighted by molar-refractivity contribution is 5.04. The van der Waals surface area contributed by atoms with Gasteiger partial charge in [0.05, 0.1) is 0 Å². The molecule has 0 N–H and O–H groups in total. The summed E-state index contributed by atoms with van der Waals surface area (Å²) in [5, 5.41) is 0. The summed E-state index contributed by atoms with van der Waals surface area (Å²) in [5.74, 6) is 0. The van der Waals surface area contributed by atoms with Gasteiger partial charge in [0.1, 0.15) is 0 Å². The number of hydrogen-bond donors (Lipinski definition) is 0. The molecule has 0 aliphatic carbocycles. The Morgan fingerprint density at radius 1 is 1.06 bits per heavy atom. The molecule has 0 heteroatoms. The van der Waals surface area contributed by atoms with Gasteiger partial charge < -0.3 is 0 Å². The average molecular weight is 248 g/mol. The topological polar surface area (TPSA) is 0 Å². The molecule has 0 spiro atoms. The Labute approximate surface area is 115 Å². The number of allylic oxidation sites excluding steroid dienone is 5. The molecule has 104 valence electrons. The largest absolute Gasteiger partial charge is 0.103 e. The van der Waals surface area contributed by atoms with Gasteiger partial charge in [0.15, 0.2) is 0 Å². The van der Waals surface area contributed by atoms with Gasteiger partial charge in [-0.05, 0) is 52.4 Å². The van der Waals surface area contributed by atoms with E-state index in [1.54, 1.807) is 11.1 Å². The van der Waals surface area contributed by atoms with Crippen LogP contribution in [0.2, 0.25) is 0 Å². The molecule has 0 heterocycles. The quantitative estimate of drug-likeness (QED) is 0.285. The minimum absolute atomic E-state index is 1.06. The Balaban J connectivity index is 3.46. The van der Waals surface area contributed by atoms with Crippen molar-refractivity contribution < 1.29 is 0 Å². The van der Waals surface area contributed by atoms with Crippen LogP contribution in [0.4, 0.5) is 0 Å². The van der Waals surface area contributed by atoms with Crippen molar-refractivity contribution in [3.63, 3.8) is 0 Å². The molecular formula is C18H32. The highest BCUT2D eigenvalue weighted by atomic mass is 14.0. The van der Waals surface area contributed by atoms with Crippen molar-refractivity contribution >= 4 is 0 Å². The van der Waals surface area contributed by atoms with Gasteiger partial charge in [0.25, 0.3) is 0 Å². The molecule has 0 saturated heterocycles. The minimum Gasteiger partial charge on any atom is -0.103 e. The SMILES string of the molecule is C=CC/C(=C/C)CCCCCC/C=C(\C)CCC. The molecule has 0 aromatic carbocycles. The Bertz CT molecular complexity index is 255. The lowest BCUT2D eigenvalue weighted by molar-refractivity contribution is 0.639. The lowest BCUT2D eigenvalue weighted by atomic mass is 10.0. The maximum atomic E-state index is 3.80. The highest BCUT2D eigenvalue weighted by Gasteiger charge is 1.95. The van der Waals surface area contributed by atoms with Crippen LogP contribution in [0.3, 0.4) is 0 Å². The fraction of sp³-hybridized carbons (Fsp3) is 0.667. The predicted octanol–water partition coefficient (Wildman–Crippen LogP) is 6.60. The second-order valence-corrected chi connectivity index (χ2v) is 5.19. The van der Waals surface area contributed by atoms with Crippen molar-refractivity contribution in [3.05, 3.63) is 36.0 Å². The lowest BCUT2D eigenvalue weighted by Crippen LogP contribution is -1.84. The molecule has 0 unspecified atom stereocenters. The van der Waals surface area contributed by atoms with Gasteiger partial charge in [-0.1, -0.05) is 55.6 Å². The predicted molar refractivity (Wildman–Crippen MR) is 84.9 cm³/mol. The van der Waals surface area contributed by atoms with E-state index in [0.717, 1.165) is 6.42 Å². The van der Waals surface area contributed by atoms with E-state index in [-0.39, 0.29) is 0 Å². The van der Waals surface area contributed by atoms with Crippen molar-refractivity contribution in [2.45, 2.75) is 78.6 Å². The van der Waals surface area contributed by atoms with Crippen LogP contribution in [-0.2, 0) is 0 Å². The first kappa shape index (κ1) is 17.2. The summed E-state index contributed by atoms with van der Waals surface area (Å²) < 4.78 is 0. The van der Waals surface area contributed by atoms with Crippen molar-refractivity contribution in [2.24, 2.45) is 0 Å². The van der Waals surface area contributed by atoms with Crippen LogP contribution in [0.5, 0.6) is 0 Å². The smallest absolute Gasteiger partial charge is 0.0142 e. The summed E-state index contributed by atoms with van der Waals surface area (Å²) in [6.07, 6.45) is 18.3. The summed E-state index contributed by atoms with van der Waals surface area (Å²) in [6.45, 7) is 10.5. The normalized spacial score (nSPS) is 12.8. The maximum absolute atomic E-state index is 3.80. The van der Waals surface area contributed by atoms with Gasteiger partial charge in [0, 0.05) is 0 Å². The summed E-state index contributed by atoms with van der Waals surface area (Å²) in [5.41, 5.74) is 3.11. The molecule has 0 aliphatic rings. The second-order valence-electron chi connectivity index (χ2n) is 5.19. The first-order chi connectivity index (χ1) is 8.74. The zero-order chi connectivity index (χ0) is 13.6. The molecule has 0 rings (SSSR count). The van der Waals surface area contributed by atoms with Crippen LogP contribution in [-0.4, -0.2) is 0 Å². The maximum Gasteiger partial charge on any atom is -0.0142 e. The van der Waals surface area contributed by atoms with Crippen LogP contribution in [0.25, 0.3) is 0 Å². The zero-order valence-corrected chi connectivity index (χ0v) is 12.8. The minimum atomic E-state index is 1.06. The van der Waals surface area contributed by atoms with Crippen molar-refractivity contribution in [2.75, 3.05) is 0 Å². The van der Waals surface area contributed by atoms with Crippen molar-refractivity contribution in [1.29, 1.82) is 0 Å². The third-order valence-corrected chi connectivity index (χ3v) is 3.40. The first-order valence-electron chi connectivity index (χ1n) is 7.65. The molecule has 0 bridgehead atoms. The molecule has 0 radical (unpaired) electrons.